The van der Waals surface area contributed by atoms with Gasteiger partial charge in [0.25, 0.3) is 0 Å². The highest BCUT2D eigenvalue weighted by Crippen LogP contribution is 2.34. The van der Waals surface area contributed by atoms with Crippen molar-refractivity contribution in [3.63, 3.8) is 0 Å². The number of urea groups is 1. The van der Waals surface area contributed by atoms with E-state index in [1.807, 2.05) is 37.4 Å². The van der Waals surface area contributed by atoms with Crippen LogP contribution in [-0.2, 0) is 17.6 Å². The molecule has 1 N–H and O–H groups in total. The quantitative estimate of drug-likeness (QED) is 0.501. The van der Waals surface area contributed by atoms with Crippen LogP contribution >= 0.6 is 11.8 Å². The molecule has 2 aromatic carbocycles. The minimum absolute atomic E-state index is 0.258. The summed E-state index contributed by atoms with van der Waals surface area (Å²) in [6.45, 7) is 0.288. The van der Waals surface area contributed by atoms with Crippen LogP contribution in [0.2, 0.25) is 0 Å². The number of nitrogens with zero attached hydrogens (tertiary/aromatic N) is 3. The van der Waals surface area contributed by atoms with Crippen LogP contribution in [0.25, 0.3) is 10.9 Å². The van der Waals surface area contributed by atoms with Crippen molar-refractivity contribution in [1.29, 1.82) is 0 Å². The van der Waals surface area contributed by atoms with Crippen LogP contribution in [0.1, 0.15) is 12.0 Å². The first-order chi connectivity index (χ1) is 13.2. The second kappa shape index (κ2) is 8.73. The fraction of sp³-hybridized carbons (Fsp3) is 0.250. The molecule has 3 aromatic rings. The van der Waals surface area contributed by atoms with Crippen molar-refractivity contribution < 1.29 is 9.59 Å². The van der Waals surface area contributed by atoms with Crippen molar-refractivity contribution in [3.8, 4) is 0 Å². The minimum Gasteiger partial charge on any atom is -0.341 e. The van der Waals surface area contributed by atoms with E-state index in [-0.39, 0.29) is 19.0 Å². The number of nitrogens with one attached hydrogen (secondary N) is 1. The highest BCUT2D eigenvalue weighted by Gasteiger charge is 2.22. The molecule has 0 aliphatic heterocycles. The summed E-state index contributed by atoms with van der Waals surface area (Å²) in [7, 11) is 3.45. The molecule has 0 atom stereocenters. The van der Waals surface area contributed by atoms with E-state index in [0.717, 1.165) is 27.8 Å². The summed E-state index contributed by atoms with van der Waals surface area (Å²) >= 11 is 1.74. The fourth-order valence-corrected chi connectivity index (χ4v) is 4.02. The normalized spacial score (nSPS) is 10.7. The average molecular weight is 382 g/mol. The van der Waals surface area contributed by atoms with E-state index in [4.69, 9.17) is 0 Å². The smallest absolute Gasteiger partial charge is 0.322 e. The molecule has 0 unspecified atom stereocenters. The Bertz CT molecular complexity index is 940. The number of hydrogen-bond acceptors (Lipinski definition) is 4. The third-order valence-corrected chi connectivity index (χ3v) is 5.35. The molecule has 0 aliphatic rings. The number of para-hydroxylation sites is 1. The van der Waals surface area contributed by atoms with Gasteiger partial charge < -0.3 is 10.1 Å². The van der Waals surface area contributed by atoms with Gasteiger partial charge in [0.2, 0.25) is 0 Å². The second-order valence-electron chi connectivity index (χ2n) is 6.04. The Labute approximate surface area is 162 Å². The molecular formula is C20H22N4O2S. The number of benzene rings is 2. The lowest BCUT2D eigenvalue weighted by atomic mass is 10.2. The largest absolute Gasteiger partial charge is 0.341 e. The molecule has 0 aliphatic carbocycles. The van der Waals surface area contributed by atoms with E-state index >= 15 is 0 Å². The summed E-state index contributed by atoms with van der Waals surface area (Å²) in [5.41, 5.74) is 2.23. The van der Waals surface area contributed by atoms with Gasteiger partial charge in [-0.05, 0) is 17.7 Å². The van der Waals surface area contributed by atoms with Gasteiger partial charge in [-0.1, -0.05) is 36.4 Å². The lowest BCUT2D eigenvalue weighted by Gasteiger charge is -2.19. The molecule has 27 heavy (non-hydrogen) atoms. The Morgan fingerprint density at radius 2 is 2.00 bits per heavy atom. The van der Waals surface area contributed by atoms with Gasteiger partial charge in [-0.25, -0.2) is 4.79 Å². The van der Waals surface area contributed by atoms with Crippen molar-refractivity contribution in [2.45, 2.75) is 17.1 Å². The van der Waals surface area contributed by atoms with Crippen LogP contribution in [0.15, 0.2) is 53.4 Å². The summed E-state index contributed by atoms with van der Waals surface area (Å²) < 4.78 is 1.80. The lowest BCUT2D eigenvalue weighted by Crippen LogP contribution is -2.39. The first kappa shape index (κ1) is 19.0. The van der Waals surface area contributed by atoms with Crippen molar-refractivity contribution in [3.05, 3.63) is 54.1 Å². The number of carbonyl (C=O) groups is 2. The Balaban J connectivity index is 1.97. The molecule has 3 rings (SSSR count). The molecule has 1 heterocycles. The molecule has 0 saturated heterocycles. The van der Waals surface area contributed by atoms with Gasteiger partial charge in [0.15, 0.2) is 5.82 Å². The summed E-state index contributed by atoms with van der Waals surface area (Å²) in [5, 5.41) is 8.10. The number of thioether (sulfide) groups is 1. The van der Waals surface area contributed by atoms with E-state index in [1.165, 1.54) is 10.5 Å². The number of hydrogen-bond donors (Lipinski definition) is 1. The molecule has 140 valence electrons. The van der Waals surface area contributed by atoms with E-state index in [2.05, 4.69) is 28.6 Å². The number of aldehydes is 1. The van der Waals surface area contributed by atoms with Crippen LogP contribution in [0, 0.1) is 0 Å². The molecule has 1 aromatic heterocycles. The zero-order valence-corrected chi connectivity index (χ0v) is 16.2. The molecule has 0 radical (unpaired) electrons. The number of amides is 2. The fourth-order valence-electron chi connectivity index (χ4n) is 2.95. The highest BCUT2D eigenvalue weighted by molar-refractivity contribution is 7.98. The second-order valence-corrected chi connectivity index (χ2v) is 7.05. The Morgan fingerprint density at radius 1 is 1.22 bits per heavy atom. The maximum atomic E-state index is 12.3. The van der Waals surface area contributed by atoms with Crippen LogP contribution in [0.4, 0.5) is 10.6 Å². The molecule has 0 spiro atoms. The number of anilines is 1. The van der Waals surface area contributed by atoms with Crippen LogP contribution < -0.4 is 10.2 Å². The van der Waals surface area contributed by atoms with E-state index in [0.29, 0.717) is 5.82 Å². The zero-order valence-electron chi connectivity index (χ0n) is 15.4. The van der Waals surface area contributed by atoms with Crippen LogP contribution in [0.3, 0.4) is 0 Å². The summed E-state index contributed by atoms with van der Waals surface area (Å²) in [4.78, 5) is 25.7. The van der Waals surface area contributed by atoms with Crippen molar-refractivity contribution >= 4 is 40.8 Å². The van der Waals surface area contributed by atoms with Gasteiger partial charge in [0.1, 0.15) is 6.29 Å². The molecule has 0 saturated carbocycles. The number of fused-ring (bicyclic) bond motifs is 1. The molecule has 7 heteroatoms. The standard InChI is InChI=1S/C20H22N4O2S/c1-21-20(26)24(12-7-13-25)19-16-10-6-11-17(18(16)23(2)22-19)27-14-15-8-4-3-5-9-15/h3-6,8-11,13H,7,12,14H2,1-2H3,(H,21,26). The molecule has 0 bridgehead atoms. The van der Waals surface area contributed by atoms with Crippen molar-refractivity contribution in [2.24, 2.45) is 7.05 Å². The van der Waals surface area contributed by atoms with Crippen molar-refractivity contribution in [1.82, 2.24) is 15.1 Å². The summed E-state index contributed by atoms with van der Waals surface area (Å²) in [5.74, 6) is 1.42. The predicted octanol–water partition coefficient (Wildman–Crippen LogP) is 3.60. The van der Waals surface area contributed by atoms with Gasteiger partial charge in [0, 0.05) is 43.1 Å². The number of rotatable bonds is 7. The molecular weight excluding hydrogens is 360 g/mol. The monoisotopic (exact) mass is 382 g/mol. The van der Waals surface area contributed by atoms with E-state index in [1.54, 1.807) is 23.5 Å². The minimum atomic E-state index is -0.279. The Hall–Kier alpha value is -2.80. The first-order valence-corrected chi connectivity index (χ1v) is 9.69. The number of carbonyl (C=O) groups excluding carboxylic acids is 2. The third kappa shape index (κ3) is 4.14. The third-order valence-electron chi connectivity index (χ3n) is 4.23. The highest BCUT2D eigenvalue weighted by atomic mass is 32.2. The van der Waals surface area contributed by atoms with Gasteiger partial charge in [-0.3, -0.25) is 9.58 Å². The Kier molecular flexibility index (Phi) is 6.13. The van der Waals surface area contributed by atoms with Crippen molar-refractivity contribution in [2.75, 3.05) is 18.5 Å². The average Bonchev–Trinajstić information content (AvgIpc) is 3.04. The van der Waals surface area contributed by atoms with Gasteiger partial charge >= 0.3 is 6.03 Å². The maximum absolute atomic E-state index is 12.3. The predicted molar refractivity (Wildman–Crippen MR) is 109 cm³/mol. The lowest BCUT2D eigenvalue weighted by molar-refractivity contribution is -0.107. The maximum Gasteiger partial charge on any atom is 0.322 e. The summed E-state index contributed by atoms with van der Waals surface area (Å²) in [6.07, 6.45) is 1.07. The summed E-state index contributed by atoms with van der Waals surface area (Å²) in [6, 6.07) is 16.0. The number of aromatic nitrogens is 2. The SMILES string of the molecule is CNC(=O)N(CCC=O)c1nn(C)c2c(SCc3ccccc3)cccc12. The van der Waals surface area contributed by atoms with E-state index in [9.17, 15) is 9.59 Å². The molecule has 6 nitrogen and oxygen atoms in total. The van der Waals surface area contributed by atoms with Gasteiger partial charge in [0.05, 0.1) is 5.52 Å². The van der Waals surface area contributed by atoms with Gasteiger partial charge in [-0.15, -0.1) is 11.8 Å². The van der Waals surface area contributed by atoms with Crippen LogP contribution in [-0.4, -0.2) is 35.7 Å². The molecule has 2 amide bonds. The van der Waals surface area contributed by atoms with E-state index < -0.39 is 0 Å². The molecule has 0 fully saturated rings. The zero-order chi connectivity index (χ0) is 19.2. The Morgan fingerprint density at radius 3 is 2.70 bits per heavy atom. The topological polar surface area (TPSA) is 67.2 Å². The number of aryl methyl sites for hydroxylation is 1. The van der Waals surface area contributed by atoms with Crippen LogP contribution in [0.5, 0.6) is 0 Å². The van der Waals surface area contributed by atoms with Gasteiger partial charge in [-0.2, -0.15) is 5.10 Å². The first-order valence-electron chi connectivity index (χ1n) is 8.71.